The maximum Gasteiger partial charge on any atom is 0.213 e. The monoisotopic (exact) mass is 293 g/mol. The quantitative estimate of drug-likeness (QED) is 0.673. The molecule has 4 heteroatoms. The zero-order valence-corrected chi connectivity index (χ0v) is 14.2. The van der Waals surface area contributed by atoms with Crippen LogP contribution >= 0.6 is 0 Å². The Morgan fingerprint density at radius 3 is 2.57 bits per heavy atom. The molecule has 1 aromatic heterocycles. The van der Waals surface area contributed by atoms with Crippen molar-refractivity contribution < 1.29 is 4.74 Å². The SMILES string of the molecule is CC(C)CN(C)Cc1ccc(OCCCNC(C)C)nc1. The number of aromatic nitrogens is 1. The molecule has 0 atom stereocenters. The summed E-state index contributed by atoms with van der Waals surface area (Å²) in [7, 11) is 2.14. The highest BCUT2D eigenvalue weighted by Gasteiger charge is 2.04. The van der Waals surface area contributed by atoms with Crippen molar-refractivity contribution >= 4 is 0 Å². The van der Waals surface area contributed by atoms with Gasteiger partial charge in [-0.15, -0.1) is 0 Å². The first-order valence-electron chi connectivity index (χ1n) is 7.97. The summed E-state index contributed by atoms with van der Waals surface area (Å²) in [5.41, 5.74) is 1.23. The minimum atomic E-state index is 0.533. The number of nitrogens with one attached hydrogen (secondary N) is 1. The summed E-state index contributed by atoms with van der Waals surface area (Å²) in [6.07, 6.45) is 2.91. The van der Waals surface area contributed by atoms with Gasteiger partial charge in [-0.1, -0.05) is 33.8 Å². The Kier molecular flexibility index (Phi) is 8.31. The van der Waals surface area contributed by atoms with Crippen LogP contribution in [0.4, 0.5) is 0 Å². The Morgan fingerprint density at radius 2 is 2.00 bits per heavy atom. The van der Waals surface area contributed by atoms with Crippen LogP contribution in [0.2, 0.25) is 0 Å². The summed E-state index contributed by atoms with van der Waals surface area (Å²) in [4.78, 5) is 6.69. The van der Waals surface area contributed by atoms with Gasteiger partial charge in [-0.2, -0.15) is 0 Å². The van der Waals surface area contributed by atoms with Crippen molar-refractivity contribution in [1.82, 2.24) is 15.2 Å². The van der Waals surface area contributed by atoms with Crippen molar-refractivity contribution in [1.29, 1.82) is 0 Å². The molecular formula is C17H31N3O. The van der Waals surface area contributed by atoms with Gasteiger partial charge in [0.25, 0.3) is 0 Å². The second-order valence-electron chi connectivity index (χ2n) is 6.41. The second kappa shape index (κ2) is 9.74. The molecule has 1 rings (SSSR count). The molecule has 1 aromatic rings. The predicted molar refractivity (Wildman–Crippen MR) is 88.7 cm³/mol. The molecule has 0 saturated carbocycles. The van der Waals surface area contributed by atoms with E-state index in [1.54, 1.807) is 0 Å². The Labute approximate surface area is 129 Å². The summed E-state index contributed by atoms with van der Waals surface area (Å²) in [5.74, 6) is 1.40. The van der Waals surface area contributed by atoms with E-state index < -0.39 is 0 Å². The predicted octanol–water partition coefficient (Wildman–Crippen LogP) is 2.94. The van der Waals surface area contributed by atoms with E-state index in [0.29, 0.717) is 18.6 Å². The van der Waals surface area contributed by atoms with Gasteiger partial charge in [0.1, 0.15) is 0 Å². The van der Waals surface area contributed by atoms with Crippen LogP contribution in [-0.4, -0.2) is 42.7 Å². The van der Waals surface area contributed by atoms with Crippen LogP contribution in [0.1, 0.15) is 39.7 Å². The molecule has 0 fully saturated rings. The number of nitrogens with zero attached hydrogens (tertiary/aromatic N) is 2. The summed E-state index contributed by atoms with van der Waals surface area (Å²) in [5, 5.41) is 3.37. The van der Waals surface area contributed by atoms with Crippen LogP contribution in [0.25, 0.3) is 0 Å². The maximum atomic E-state index is 5.65. The van der Waals surface area contributed by atoms with Crippen molar-refractivity contribution in [2.45, 2.75) is 46.7 Å². The second-order valence-corrected chi connectivity index (χ2v) is 6.41. The maximum absolute atomic E-state index is 5.65. The third-order valence-corrected chi connectivity index (χ3v) is 3.05. The number of ether oxygens (including phenoxy) is 1. The van der Waals surface area contributed by atoms with Crippen LogP contribution in [-0.2, 0) is 6.54 Å². The summed E-state index contributed by atoms with van der Waals surface area (Å²) in [6.45, 7) is 12.5. The smallest absolute Gasteiger partial charge is 0.213 e. The van der Waals surface area contributed by atoms with Gasteiger partial charge in [0, 0.05) is 31.4 Å². The van der Waals surface area contributed by atoms with E-state index in [1.165, 1.54) is 5.56 Å². The van der Waals surface area contributed by atoms with Crippen molar-refractivity contribution in [3.05, 3.63) is 23.9 Å². The lowest BCUT2D eigenvalue weighted by atomic mass is 10.2. The zero-order chi connectivity index (χ0) is 15.7. The largest absolute Gasteiger partial charge is 0.478 e. The van der Waals surface area contributed by atoms with Gasteiger partial charge >= 0.3 is 0 Å². The number of rotatable bonds is 10. The van der Waals surface area contributed by atoms with Crippen molar-refractivity contribution in [3.8, 4) is 5.88 Å². The zero-order valence-electron chi connectivity index (χ0n) is 14.2. The molecule has 1 heterocycles. The lowest BCUT2D eigenvalue weighted by Crippen LogP contribution is -2.24. The van der Waals surface area contributed by atoms with Gasteiger partial charge in [-0.3, -0.25) is 0 Å². The Hall–Kier alpha value is -1.13. The molecule has 0 amide bonds. The highest BCUT2D eigenvalue weighted by Crippen LogP contribution is 2.10. The number of hydrogen-bond donors (Lipinski definition) is 1. The lowest BCUT2D eigenvalue weighted by molar-refractivity contribution is 0.284. The van der Waals surface area contributed by atoms with Gasteiger partial charge in [-0.25, -0.2) is 4.98 Å². The first-order valence-corrected chi connectivity index (χ1v) is 7.97. The fourth-order valence-electron chi connectivity index (χ4n) is 2.23. The standard InChI is InChI=1S/C17H31N3O/c1-14(2)12-20(5)13-16-7-8-17(19-11-16)21-10-6-9-18-15(3)4/h7-8,11,14-15,18H,6,9-10,12-13H2,1-5H3. The third kappa shape index (κ3) is 8.68. The number of pyridine rings is 1. The Morgan fingerprint density at radius 1 is 1.24 bits per heavy atom. The van der Waals surface area contributed by atoms with Crippen LogP contribution < -0.4 is 10.1 Å². The molecule has 0 saturated heterocycles. The molecule has 0 radical (unpaired) electrons. The van der Waals surface area contributed by atoms with Crippen LogP contribution in [0.5, 0.6) is 5.88 Å². The average molecular weight is 293 g/mol. The van der Waals surface area contributed by atoms with E-state index in [-0.39, 0.29) is 0 Å². The summed E-state index contributed by atoms with van der Waals surface area (Å²) < 4.78 is 5.65. The van der Waals surface area contributed by atoms with E-state index in [9.17, 15) is 0 Å². The molecule has 0 aliphatic heterocycles. The minimum absolute atomic E-state index is 0.533. The van der Waals surface area contributed by atoms with E-state index in [2.05, 4.69) is 56.0 Å². The third-order valence-electron chi connectivity index (χ3n) is 3.05. The molecule has 0 aromatic carbocycles. The van der Waals surface area contributed by atoms with E-state index in [0.717, 1.165) is 31.9 Å². The van der Waals surface area contributed by atoms with Gasteiger partial charge in [0.05, 0.1) is 6.61 Å². The molecule has 0 aliphatic carbocycles. The van der Waals surface area contributed by atoms with Crippen LogP contribution in [0, 0.1) is 5.92 Å². The van der Waals surface area contributed by atoms with Crippen LogP contribution in [0.3, 0.4) is 0 Å². The van der Waals surface area contributed by atoms with E-state index in [1.807, 2.05) is 12.3 Å². The Balaban J connectivity index is 2.27. The molecule has 0 bridgehead atoms. The molecular weight excluding hydrogens is 262 g/mol. The normalized spacial score (nSPS) is 11.6. The van der Waals surface area contributed by atoms with Gasteiger partial charge < -0.3 is 15.0 Å². The van der Waals surface area contributed by atoms with Gasteiger partial charge in [0.15, 0.2) is 0 Å². The van der Waals surface area contributed by atoms with E-state index in [4.69, 9.17) is 4.74 Å². The van der Waals surface area contributed by atoms with Gasteiger partial charge in [0.2, 0.25) is 5.88 Å². The molecule has 0 spiro atoms. The minimum Gasteiger partial charge on any atom is -0.478 e. The highest BCUT2D eigenvalue weighted by molar-refractivity contribution is 5.17. The van der Waals surface area contributed by atoms with Crippen molar-refractivity contribution in [2.75, 3.05) is 26.7 Å². The van der Waals surface area contributed by atoms with E-state index >= 15 is 0 Å². The van der Waals surface area contributed by atoms with Crippen molar-refractivity contribution in [2.24, 2.45) is 5.92 Å². The van der Waals surface area contributed by atoms with Gasteiger partial charge in [-0.05, 0) is 31.5 Å². The molecule has 4 nitrogen and oxygen atoms in total. The highest BCUT2D eigenvalue weighted by atomic mass is 16.5. The first kappa shape index (κ1) is 17.9. The average Bonchev–Trinajstić information content (AvgIpc) is 2.39. The lowest BCUT2D eigenvalue weighted by Gasteiger charge is -2.18. The summed E-state index contributed by atoms with van der Waals surface area (Å²) >= 11 is 0. The van der Waals surface area contributed by atoms with Crippen molar-refractivity contribution in [3.63, 3.8) is 0 Å². The summed E-state index contributed by atoms with van der Waals surface area (Å²) in [6, 6.07) is 4.60. The molecule has 0 unspecified atom stereocenters. The topological polar surface area (TPSA) is 37.4 Å². The fraction of sp³-hybridized carbons (Fsp3) is 0.706. The molecule has 1 N–H and O–H groups in total. The Bertz CT molecular complexity index is 376. The molecule has 21 heavy (non-hydrogen) atoms. The fourth-order valence-corrected chi connectivity index (χ4v) is 2.23. The number of hydrogen-bond acceptors (Lipinski definition) is 4. The molecule has 0 aliphatic rings. The molecule has 120 valence electrons. The first-order chi connectivity index (χ1) is 9.97. The van der Waals surface area contributed by atoms with Crippen LogP contribution in [0.15, 0.2) is 18.3 Å².